The summed E-state index contributed by atoms with van der Waals surface area (Å²) < 4.78 is 24.5. The van der Waals surface area contributed by atoms with Gasteiger partial charge in [0.2, 0.25) is 0 Å². The van der Waals surface area contributed by atoms with Gasteiger partial charge >= 0.3 is 0 Å². The maximum atomic E-state index is 13.6. The van der Waals surface area contributed by atoms with Crippen molar-refractivity contribution < 1.29 is 18.7 Å². The third kappa shape index (κ3) is 8.23. The Morgan fingerprint density at radius 3 is 2.52 bits per heavy atom. The standard InChI is InChI=1S/C22H29FN4O3.HI/c1-5-24-22(27-17-9-10-19(29-4)20(14-17)30-6-2)26-12-11-25-21(28)16-8-7-15(3)18(23)13-16;/h7-10,13-14H,5-6,11-12H2,1-4H3,(H,25,28)(H2,24,26,27);1H. The molecule has 0 spiro atoms. The molecule has 0 unspecified atom stereocenters. The Kier molecular flexibility index (Phi) is 11.7. The van der Waals surface area contributed by atoms with Crippen LogP contribution in [0.4, 0.5) is 10.1 Å². The summed E-state index contributed by atoms with van der Waals surface area (Å²) in [6.45, 7) is 7.39. The van der Waals surface area contributed by atoms with Gasteiger partial charge in [0.25, 0.3) is 5.91 Å². The van der Waals surface area contributed by atoms with Gasteiger partial charge in [0.05, 0.1) is 20.3 Å². The van der Waals surface area contributed by atoms with Crippen molar-refractivity contribution >= 4 is 41.5 Å². The summed E-state index contributed by atoms with van der Waals surface area (Å²) in [6.07, 6.45) is 0. The third-order valence-corrected chi connectivity index (χ3v) is 4.17. The van der Waals surface area contributed by atoms with E-state index in [4.69, 9.17) is 9.47 Å². The lowest BCUT2D eigenvalue weighted by atomic mass is 10.1. The predicted octanol–water partition coefficient (Wildman–Crippen LogP) is 3.97. The molecule has 0 saturated heterocycles. The number of nitrogens with one attached hydrogen (secondary N) is 3. The van der Waals surface area contributed by atoms with E-state index in [1.165, 1.54) is 6.07 Å². The molecule has 0 fully saturated rings. The summed E-state index contributed by atoms with van der Waals surface area (Å²) >= 11 is 0. The van der Waals surface area contributed by atoms with Gasteiger partial charge in [-0.1, -0.05) is 6.07 Å². The first-order valence-corrected chi connectivity index (χ1v) is 9.89. The molecule has 1 amide bonds. The Balaban J connectivity index is 0.00000480. The highest BCUT2D eigenvalue weighted by atomic mass is 127. The van der Waals surface area contributed by atoms with Crippen molar-refractivity contribution in [3.05, 3.63) is 53.3 Å². The zero-order valence-corrected chi connectivity index (χ0v) is 20.6. The fraction of sp³-hybridized carbons (Fsp3) is 0.364. The SMILES string of the molecule is CCNC(=NCCNC(=O)c1ccc(C)c(F)c1)Nc1ccc(OC)c(OCC)c1.I. The van der Waals surface area contributed by atoms with Crippen LogP contribution >= 0.6 is 24.0 Å². The molecule has 0 aliphatic rings. The summed E-state index contributed by atoms with van der Waals surface area (Å²) in [7, 11) is 1.59. The Hall–Kier alpha value is -2.56. The molecule has 0 radical (unpaired) electrons. The van der Waals surface area contributed by atoms with Crippen LogP contribution in [0.15, 0.2) is 41.4 Å². The number of methoxy groups -OCH3 is 1. The maximum absolute atomic E-state index is 13.6. The topological polar surface area (TPSA) is 84.0 Å². The molecule has 7 nitrogen and oxygen atoms in total. The van der Waals surface area contributed by atoms with Crippen molar-refractivity contribution in [2.45, 2.75) is 20.8 Å². The van der Waals surface area contributed by atoms with Gasteiger partial charge in [-0.25, -0.2) is 4.39 Å². The van der Waals surface area contributed by atoms with Crippen LogP contribution in [0.3, 0.4) is 0 Å². The number of nitrogens with zero attached hydrogens (tertiary/aromatic N) is 1. The van der Waals surface area contributed by atoms with E-state index in [0.717, 1.165) is 5.69 Å². The zero-order chi connectivity index (χ0) is 21.9. The number of ether oxygens (including phenoxy) is 2. The van der Waals surface area contributed by atoms with Gasteiger partial charge in [0, 0.05) is 30.4 Å². The predicted molar refractivity (Wildman–Crippen MR) is 133 cm³/mol. The molecule has 0 aromatic heterocycles. The molecule has 0 aliphatic heterocycles. The number of anilines is 1. The van der Waals surface area contributed by atoms with Gasteiger partial charge in [-0.15, -0.1) is 24.0 Å². The minimum atomic E-state index is -0.398. The Labute approximate surface area is 199 Å². The van der Waals surface area contributed by atoms with Gasteiger partial charge in [0.15, 0.2) is 17.5 Å². The fourth-order valence-corrected chi connectivity index (χ4v) is 2.64. The van der Waals surface area contributed by atoms with Crippen molar-refractivity contribution in [1.29, 1.82) is 0 Å². The van der Waals surface area contributed by atoms with Gasteiger partial charge in [-0.05, 0) is 50.6 Å². The number of amides is 1. The largest absolute Gasteiger partial charge is 0.493 e. The minimum absolute atomic E-state index is 0. The molecule has 2 rings (SSSR count). The van der Waals surface area contributed by atoms with Crippen LogP contribution in [0.2, 0.25) is 0 Å². The molecule has 0 aliphatic carbocycles. The molecule has 9 heteroatoms. The smallest absolute Gasteiger partial charge is 0.251 e. The van der Waals surface area contributed by atoms with Crippen LogP contribution in [-0.4, -0.2) is 45.2 Å². The number of halogens is 2. The maximum Gasteiger partial charge on any atom is 0.251 e. The fourth-order valence-electron chi connectivity index (χ4n) is 2.64. The van der Waals surface area contributed by atoms with E-state index in [9.17, 15) is 9.18 Å². The van der Waals surface area contributed by atoms with E-state index >= 15 is 0 Å². The van der Waals surface area contributed by atoms with Crippen LogP contribution in [0.5, 0.6) is 11.5 Å². The van der Waals surface area contributed by atoms with Gasteiger partial charge in [-0.3, -0.25) is 9.79 Å². The van der Waals surface area contributed by atoms with E-state index in [-0.39, 0.29) is 35.4 Å². The highest BCUT2D eigenvalue weighted by molar-refractivity contribution is 14.0. The Morgan fingerprint density at radius 1 is 1.10 bits per heavy atom. The first-order chi connectivity index (χ1) is 14.5. The first-order valence-electron chi connectivity index (χ1n) is 9.89. The number of guanidine groups is 1. The Bertz CT molecular complexity index is 893. The van der Waals surface area contributed by atoms with Gasteiger partial charge in [0.1, 0.15) is 5.82 Å². The van der Waals surface area contributed by atoms with Crippen molar-refractivity contribution in [3.63, 3.8) is 0 Å². The second-order valence-electron chi connectivity index (χ2n) is 6.40. The number of rotatable bonds is 9. The Morgan fingerprint density at radius 2 is 1.87 bits per heavy atom. The van der Waals surface area contributed by atoms with Crippen molar-refractivity contribution in [2.24, 2.45) is 4.99 Å². The van der Waals surface area contributed by atoms with Crippen LogP contribution in [0.1, 0.15) is 29.8 Å². The molecular formula is C22H30FIN4O3. The number of aliphatic imine (C=N–C) groups is 1. The van der Waals surface area contributed by atoms with Crippen molar-refractivity contribution in [3.8, 4) is 11.5 Å². The molecule has 2 aromatic carbocycles. The molecule has 2 aromatic rings. The zero-order valence-electron chi connectivity index (χ0n) is 18.3. The number of hydrogen-bond acceptors (Lipinski definition) is 4. The number of aryl methyl sites for hydroxylation is 1. The van der Waals surface area contributed by atoms with E-state index in [1.54, 1.807) is 26.2 Å². The first kappa shape index (κ1) is 26.5. The second kappa shape index (κ2) is 13.7. The highest BCUT2D eigenvalue weighted by Gasteiger charge is 2.09. The summed E-state index contributed by atoms with van der Waals surface area (Å²) in [5.41, 5.74) is 1.58. The van der Waals surface area contributed by atoms with E-state index in [0.29, 0.717) is 49.3 Å². The van der Waals surface area contributed by atoms with Crippen LogP contribution in [0, 0.1) is 12.7 Å². The molecule has 3 N–H and O–H groups in total. The normalized spacial score (nSPS) is 10.7. The number of benzene rings is 2. The lowest BCUT2D eigenvalue weighted by Crippen LogP contribution is -2.32. The molecular weight excluding hydrogens is 514 g/mol. The van der Waals surface area contributed by atoms with Crippen LogP contribution in [-0.2, 0) is 0 Å². The summed E-state index contributed by atoms with van der Waals surface area (Å²) in [4.78, 5) is 16.6. The van der Waals surface area contributed by atoms with E-state index < -0.39 is 5.82 Å². The van der Waals surface area contributed by atoms with Crippen molar-refractivity contribution in [2.75, 3.05) is 38.7 Å². The summed E-state index contributed by atoms with van der Waals surface area (Å²) in [5, 5.41) is 9.10. The summed E-state index contributed by atoms with van der Waals surface area (Å²) in [6, 6.07) is 9.94. The molecule has 0 atom stereocenters. The monoisotopic (exact) mass is 544 g/mol. The number of carbonyl (C=O) groups excluding carboxylic acids is 1. The third-order valence-electron chi connectivity index (χ3n) is 4.17. The molecule has 170 valence electrons. The highest BCUT2D eigenvalue weighted by Crippen LogP contribution is 2.30. The lowest BCUT2D eigenvalue weighted by molar-refractivity contribution is 0.0954. The minimum Gasteiger partial charge on any atom is -0.493 e. The van der Waals surface area contributed by atoms with Gasteiger partial charge in [-0.2, -0.15) is 0 Å². The van der Waals surface area contributed by atoms with Crippen LogP contribution in [0.25, 0.3) is 0 Å². The van der Waals surface area contributed by atoms with E-state index in [2.05, 4.69) is 20.9 Å². The van der Waals surface area contributed by atoms with Crippen LogP contribution < -0.4 is 25.4 Å². The molecule has 0 bridgehead atoms. The van der Waals surface area contributed by atoms with Gasteiger partial charge < -0.3 is 25.4 Å². The average Bonchev–Trinajstić information content (AvgIpc) is 2.73. The molecule has 31 heavy (non-hydrogen) atoms. The summed E-state index contributed by atoms with van der Waals surface area (Å²) in [5.74, 6) is 1.13. The van der Waals surface area contributed by atoms with E-state index in [1.807, 2.05) is 32.0 Å². The average molecular weight is 544 g/mol. The molecule has 0 heterocycles. The molecule has 0 saturated carbocycles. The van der Waals surface area contributed by atoms with Crippen molar-refractivity contribution in [1.82, 2.24) is 10.6 Å². The number of hydrogen-bond donors (Lipinski definition) is 3. The quantitative estimate of drug-likeness (QED) is 0.193. The second-order valence-corrected chi connectivity index (χ2v) is 6.40. The lowest BCUT2D eigenvalue weighted by Gasteiger charge is -2.14. The number of carbonyl (C=O) groups is 1.